The van der Waals surface area contributed by atoms with Crippen LogP contribution < -0.4 is 39.6 Å². The van der Waals surface area contributed by atoms with Crippen molar-refractivity contribution in [1.82, 2.24) is 0 Å². The quantitative estimate of drug-likeness (QED) is 0.234. The summed E-state index contributed by atoms with van der Waals surface area (Å²) >= 11 is 3.55. The lowest BCUT2D eigenvalue weighted by molar-refractivity contribution is -0.287. The maximum absolute atomic E-state index is 16.7. The second-order valence-electron chi connectivity index (χ2n) is 16.5. The first-order valence-corrected chi connectivity index (χ1v) is 18.5. The summed E-state index contributed by atoms with van der Waals surface area (Å²) in [5.74, 6) is 0.851. The molecular weight excluding hydrogens is 701 g/mol. The Morgan fingerprint density at radius 3 is 1.23 bits per heavy atom. The first kappa shape index (κ1) is 38.0. The second-order valence-corrected chi connectivity index (χ2v) is 20.0. The predicted octanol–water partition coefficient (Wildman–Crippen LogP) is 9.63. The van der Waals surface area contributed by atoms with Gasteiger partial charge in [0.2, 0.25) is 5.75 Å². The monoisotopic (exact) mass is 750 g/mol. The molecule has 0 saturated heterocycles. The van der Waals surface area contributed by atoms with Crippen LogP contribution in [0.2, 0.25) is 0 Å². The standard InChI is InChI=1S/C38H50BrF2O6P/c1-34(2,3)23-16-21(17-24(30(23)44-14)35(4,5)6)48(42,28-20-27(43-13)32-33(29(28)39)47-38(40,41)46-32)22-18-25(36(7,8)9)31(45-15)26(19-22)37(10,11)12/h16-20H,1-15H3. The lowest BCUT2D eigenvalue weighted by Crippen LogP contribution is -2.32. The number of ether oxygens (including phenoxy) is 5. The van der Waals surface area contributed by atoms with Crippen molar-refractivity contribution in [2.45, 2.75) is 111 Å². The van der Waals surface area contributed by atoms with Crippen LogP contribution in [0, 0.1) is 0 Å². The number of methoxy groups -OCH3 is 3. The van der Waals surface area contributed by atoms with E-state index in [4.69, 9.17) is 23.7 Å². The molecule has 3 aromatic rings. The minimum absolute atomic E-state index is 0.0261. The van der Waals surface area contributed by atoms with Crippen LogP contribution in [0.1, 0.15) is 105 Å². The molecule has 0 saturated carbocycles. The van der Waals surface area contributed by atoms with Crippen LogP contribution in [-0.4, -0.2) is 27.6 Å². The summed E-state index contributed by atoms with van der Waals surface area (Å²) in [5.41, 5.74) is 1.81. The molecule has 1 aliphatic rings. The fourth-order valence-electron chi connectivity index (χ4n) is 6.09. The van der Waals surface area contributed by atoms with Gasteiger partial charge < -0.3 is 28.2 Å². The lowest BCUT2D eigenvalue weighted by Gasteiger charge is -2.34. The molecule has 1 aliphatic heterocycles. The van der Waals surface area contributed by atoms with Gasteiger partial charge in [-0.05, 0) is 67.9 Å². The van der Waals surface area contributed by atoms with E-state index in [0.717, 1.165) is 22.3 Å². The summed E-state index contributed by atoms with van der Waals surface area (Å²) in [6.45, 7) is 25.0. The molecule has 10 heteroatoms. The van der Waals surface area contributed by atoms with Gasteiger partial charge in [-0.2, -0.15) is 0 Å². The Bertz CT molecular complexity index is 1630. The minimum atomic E-state index is -3.99. The molecule has 0 unspecified atom stereocenters. The molecule has 0 N–H and O–H groups in total. The van der Waals surface area contributed by atoms with E-state index in [9.17, 15) is 8.78 Å². The Labute approximate surface area is 293 Å². The number of benzene rings is 3. The summed E-state index contributed by atoms with van der Waals surface area (Å²) < 4.78 is 73.6. The first-order valence-electron chi connectivity index (χ1n) is 16.0. The van der Waals surface area contributed by atoms with Crippen molar-refractivity contribution in [2.24, 2.45) is 0 Å². The smallest absolute Gasteiger partial charge is 0.496 e. The molecule has 4 rings (SSSR count). The number of hydrogen-bond donors (Lipinski definition) is 0. The van der Waals surface area contributed by atoms with Crippen molar-refractivity contribution in [2.75, 3.05) is 21.3 Å². The molecule has 264 valence electrons. The molecular formula is C38H50BrF2O6P. The van der Waals surface area contributed by atoms with E-state index in [1.54, 1.807) is 14.2 Å². The van der Waals surface area contributed by atoms with Crippen molar-refractivity contribution in [3.63, 3.8) is 0 Å². The van der Waals surface area contributed by atoms with Gasteiger partial charge in [0.15, 0.2) is 18.6 Å². The number of fused-ring (bicyclic) bond motifs is 1. The van der Waals surface area contributed by atoms with E-state index in [-0.39, 0.29) is 27.0 Å². The van der Waals surface area contributed by atoms with Gasteiger partial charge in [0, 0.05) is 38.2 Å². The highest BCUT2D eigenvalue weighted by atomic mass is 79.9. The van der Waals surface area contributed by atoms with E-state index < -0.39 is 35.1 Å². The SMILES string of the molecule is COc1cc(P(=O)(c2cc(C(C)(C)C)c(OC)c(C(C)(C)C)c2)c2cc(C(C)(C)C)c(OC)c(C(C)(C)C)c2)c(Br)c2c1OC(F)(F)O2. The Morgan fingerprint density at radius 1 is 0.604 bits per heavy atom. The van der Waals surface area contributed by atoms with Gasteiger partial charge in [0.05, 0.1) is 25.8 Å². The van der Waals surface area contributed by atoms with E-state index >= 15 is 4.57 Å². The van der Waals surface area contributed by atoms with Crippen molar-refractivity contribution in [3.8, 4) is 28.7 Å². The first-order chi connectivity index (χ1) is 21.7. The third-order valence-corrected chi connectivity index (χ3v) is 12.7. The summed E-state index contributed by atoms with van der Waals surface area (Å²) in [7, 11) is 0.650. The van der Waals surface area contributed by atoms with E-state index in [1.807, 2.05) is 24.3 Å². The summed E-state index contributed by atoms with van der Waals surface area (Å²) in [4.78, 5) is 0. The molecule has 0 atom stereocenters. The van der Waals surface area contributed by atoms with Crippen molar-refractivity contribution in [3.05, 3.63) is 57.1 Å². The number of halogens is 3. The Kier molecular flexibility index (Phi) is 9.69. The Morgan fingerprint density at radius 2 is 0.938 bits per heavy atom. The largest absolute Gasteiger partial charge is 0.586 e. The van der Waals surface area contributed by atoms with Crippen LogP contribution in [0.25, 0.3) is 0 Å². The van der Waals surface area contributed by atoms with Crippen molar-refractivity contribution < 1.29 is 37.0 Å². The van der Waals surface area contributed by atoms with Gasteiger partial charge in [0.25, 0.3) is 0 Å². The Balaban J connectivity index is 2.34. The molecule has 0 fully saturated rings. The van der Waals surface area contributed by atoms with Crippen molar-refractivity contribution >= 4 is 39.0 Å². The third-order valence-electron chi connectivity index (χ3n) is 8.64. The molecule has 0 aliphatic carbocycles. The van der Waals surface area contributed by atoms with Gasteiger partial charge >= 0.3 is 6.29 Å². The maximum atomic E-state index is 16.7. The predicted molar refractivity (Wildman–Crippen MR) is 194 cm³/mol. The Hall–Kier alpha value is -2.77. The highest BCUT2D eigenvalue weighted by molar-refractivity contribution is 9.10. The molecule has 0 amide bonds. The molecule has 3 aromatic carbocycles. The zero-order chi connectivity index (χ0) is 36.6. The van der Waals surface area contributed by atoms with Crippen LogP contribution in [0.3, 0.4) is 0 Å². The average Bonchev–Trinajstić information content (AvgIpc) is 3.29. The minimum Gasteiger partial charge on any atom is -0.496 e. The second kappa shape index (κ2) is 12.2. The number of rotatable bonds is 6. The molecule has 0 aromatic heterocycles. The molecule has 0 spiro atoms. The molecule has 6 nitrogen and oxygen atoms in total. The normalized spacial score (nSPS) is 15.0. The van der Waals surface area contributed by atoms with Crippen LogP contribution in [-0.2, 0) is 26.2 Å². The highest BCUT2D eigenvalue weighted by Crippen LogP contribution is 2.57. The molecule has 0 bridgehead atoms. The topological polar surface area (TPSA) is 63.2 Å². The van der Waals surface area contributed by atoms with E-state index in [2.05, 4.69) is 99.0 Å². The number of hydrogen-bond acceptors (Lipinski definition) is 6. The van der Waals surface area contributed by atoms with Gasteiger partial charge in [-0.3, -0.25) is 0 Å². The van der Waals surface area contributed by atoms with Gasteiger partial charge in [-0.25, -0.2) is 0 Å². The lowest BCUT2D eigenvalue weighted by atomic mass is 9.79. The van der Waals surface area contributed by atoms with Gasteiger partial charge in [-0.15, -0.1) is 8.78 Å². The van der Waals surface area contributed by atoms with Crippen LogP contribution in [0.5, 0.6) is 28.7 Å². The fraction of sp³-hybridized carbons (Fsp3) is 0.526. The molecule has 48 heavy (non-hydrogen) atoms. The van der Waals surface area contributed by atoms with Gasteiger partial charge in [0.1, 0.15) is 11.5 Å². The highest BCUT2D eigenvalue weighted by Gasteiger charge is 2.49. The van der Waals surface area contributed by atoms with Crippen LogP contribution in [0.4, 0.5) is 8.78 Å². The van der Waals surface area contributed by atoms with E-state index in [0.29, 0.717) is 22.1 Å². The van der Waals surface area contributed by atoms with Crippen LogP contribution >= 0.6 is 23.1 Å². The summed E-state index contributed by atoms with van der Waals surface area (Å²) in [6, 6.07) is 9.26. The summed E-state index contributed by atoms with van der Waals surface area (Å²) in [5, 5.41) is 1.25. The zero-order valence-electron chi connectivity index (χ0n) is 30.9. The molecule has 1 heterocycles. The fourth-order valence-corrected chi connectivity index (χ4v) is 9.99. The van der Waals surface area contributed by atoms with Crippen LogP contribution in [0.15, 0.2) is 34.8 Å². The zero-order valence-corrected chi connectivity index (χ0v) is 33.4. The molecule has 0 radical (unpaired) electrons. The third kappa shape index (κ3) is 6.70. The maximum Gasteiger partial charge on any atom is 0.586 e. The number of alkyl halides is 2. The van der Waals surface area contributed by atoms with Gasteiger partial charge in [-0.1, -0.05) is 83.1 Å². The average molecular weight is 752 g/mol. The van der Waals surface area contributed by atoms with E-state index in [1.165, 1.54) is 13.2 Å². The summed E-state index contributed by atoms with van der Waals surface area (Å²) in [6.07, 6.45) is -3.93. The van der Waals surface area contributed by atoms with Crippen molar-refractivity contribution in [1.29, 1.82) is 0 Å².